The number of hydrogen-bond donors (Lipinski definition) is 1. The number of carbonyl (C=O) groups is 1. The summed E-state index contributed by atoms with van der Waals surface area (Å²) in [6.45, 7) is 7.78. The van der Waals surface area contributed by atoms with Crippen molar-refractivity contribution in [1.29, 1.82) is 0 Å². The van der Waals surface area contributed by atoms with E-state index in [-0.39, 0.29) is 17.4 Å². The predicted molar refractivity (Wildman–Crippen MR) is 136 cm³/mol. The van der Waals surface area contributed by atoms with Gasteiger partial charge in [0.1, 0.15) is 13.2 Å². The first kappa shape index (κ1) is 22.7. The van der Waals surface area contributed by atoms with Gasteiger partial charge in [0.05, 0.1) is 31.1 Å². The van der Waals surface area contributed by atoms with Crippen LogP contribution in [0.5, 0.6) is 11.5 Å². The summed E-state index contributed by atoms with van der Waals surface area (Å²) in [4.78, 5) is 18.0. The second kappa shape index (κ2) is 9.36. The van der Waals surface area contributed by atoms with Crippen LogP contribution in [0.4, 0.5) is 11.4 Å². The van der Waals surface area contributed by atoms with E-state index in [4.69, 9.17) is 14.2 Å². The molecule has 1 aliphatic carbocycles. The minimum absolute atomic E-state index is 0.0340. The third-order valence-electron chi connectivity index (χ3n) is 8.23. The first-order valence-corrected chi connectivity index (χ1v) is 13.0. The molecule has 0 aromatic heterocycles. The molecule has 35 heavy (non-hydrogen) atoms. The zero-order chi connectivity index (χ0) is 23.8. The van der Waals surface area contributed by atoms with Crippen LogP contribution in [0.1, 0.15) is 49.8 Å². The van der Waals surface area contributed by atoms with Crippen LogP contribution in [-0.2, 0) is 14.9 Å². The number of nitrogens with one attached hydrogen (secondary N) is 1. The Bertz CT molecular complexity index is 1090. The van der Waals surface area contributed by atoms with E-state index < -0.39 is 0 Å². The molecule has 4 aliphatic rings. The van der Waals surface area contributed by atoms with Gasteiger partial charge in [-0.25, -0.2) is 0 Å². The van der Waals surface area contributed by atoms with E-state index in [0.717, 1.165) is 55.3 Å². The second-order valence-electron chi connectivity index (χ2n) is 10.3. The number of rotatable bonds is 4. The van der Waals surface area contributed by atoms with Crippen molar-refractivity contribution in [1.82, 2.24) is 4.90 Å². The smallest absolute Gasteiger partial charge is 0.238 e. The highest BCUT2D eigenvalue weighted by Crippen LogP contribution is 2.51. The Morgan fingerprint density at radius 3 is 2.51 bits per heavy atom. The van der Waals surface area contributed by atoms with Gasteiger partial charge in [0.15, 0.2) is 11.5 Å². The summed E-state index contributed by atoms with van der Waals surface area (Å²) in [5.41, 5.74) is 4.71. The number of ether oxygens (including phenoxy) is 3. The van der Waals surface area contributed by atoms with Gasteiger partial charge in [0.2, 0.25) is 5.91 Å². The van der Waals surface area contributed by atoms with E-state index in [1.54, 1.807) is 0 Å². The molecule has 7 heteroatoms. The SMILES string of the molecule is CC1c2cc3c(cc2C2(CCCC2)CN1CC(=O)Nc1ccccc1N1CCOCC1)OCCO3. The summed E-state index contributed by atoms with van der Waals surface area (Å²) in [5, 5.41) is 3.22. The van der Waals surface area contributed by atoms with Crippen LogP contribution in [-0.4, -0.2) is 63.4 Å². The van der Waals surface area contributed by atoms with Gasteiger partial charge in [-0.05, 0) is 55.2 Å². The highest BCUT2D eigenvalue weighted by Gasteiger charge is 2.45. The number of hydrogen-bond acceptors (Lipinski definition) is 6. The summed E-state index contributed by atoms with van der Waals surface area (Å²) >= 11 is 0. The van der Waals surface area contributed by atoms with Crippen molar-refractivity contribution in [3.63, 3.8) is 0 Å². The lowest BCUT2D eigenvalue weighted by Crippen LogP contribution is -2.48. The van der Waals surface area contributed by atoms with Crippen LogP contribution in [0.15, 0.2) is 36.4 Å². The largest absolute Gasteiger partial charge is 0.486 e. The van der Waals surface area contributed by atoms with E-state index >= 15 is 0 Å². The average Bonchev–Trinajstić information content (AvgIpc) is 3.36. The molecule has 1 saturated heterocycles. The van der Waals surface area contributed by atoms with Crippen molar-refractivity contribution in [3.8, 4) is 11.5 Å². The molecule has 6 rings (SSSR count). The molecule has 1 N–H and O–H groups in total. The third kappa shape index (κ3) is 4.25. The minimum Gasteiger partial charge on any atom is -0.486 e. The molecule has 7 nitrogen and oxygen atoms in total. The molecule has 1 spiro atoms. The Balaban J connectivity index is 1.24. The van der Waals surface area contributed by atoms with Crippen LogP contribution >= 0.6 is 0 Å². The average molecular weight is 478 g/mol. The molecule has 1 atom stereocenters. The van der Waals surface area contributed by atoms with E-state index in [9.17, 15) is 4.79 Å². The summed E-state index contributed by atoms with van der Waals surface area (Å²) in [5.74, 6) is 1.74. The Morgan fingerprint density at radius 2 is 1.74 bits per heavy atom. The number of para-hydroxylation sites is 2. The van der Waals surface area contributed by atoms with Crippen LogP contribution < -0.4 is 19.7 Å². The normalized spacial score (nSPS) is 23.2. The van der Waals surface area contributed by atoms with Gasteiger partial charge in [-0.15, -0.1) is 0 Å². The lowest BCUT2D eigenvalue weighted by Gasteiger charge is -2.46. The number of nitrogens with zero attached hydrogens (tertiary/aromatic N) is 2. The fourth-order valence-corrected chi connectivity index (χ4v) is 6.42. The first-order chi connectivity index (χ1) is 17.1. The number of amides is 1. The van der Waals surface area contributed by atoms with E-state index in [2.05, 4.69) is 40.2 Å². The molecule has 1 saturated carbocycles. The Labute approximate surface area is 207 Å². The lowest BCUT2D eigenvalue weighted by molar-refractivity contribution is -0.118. The van der Waals surface area contributed by atoms with Crippen molar-refractivity contribution >= 4 is 17.3 Å². The molecular weight excluding hydrogens is 442 g/mol. The van der Waals surface area contributed by atoms with E-state index in [1.807, 2.05) is 18.2 Å². The number of fused-ring (bicyclic) bond motifs is 3. The van der Waals surface area contributed by atoms with Crippen LogP contribution in [0.25, 0.3) is 0 Å². The number of anilines is 2. The molecule has 2 aromatic carbocycles. The molecule has 1 unspecified atom stereocenters. The molecule has 186 valence electrons. The van der Waals surface area contributed by atoms with Gasteiger partial charge in [0, 0.05) is 31.1 Å². The van der Waals surface area contributed by atoms with Crippen molar-refractivity contribution in [2.75, 3.05) is 62.8 Å². The quantitative estimate of drug-likeness (QED) is 0.715. The van der Waals surface area contributed by atoms with Gasteiger partial charge in [-0.3, -0.25) is 9.69 Å². The van der Waals surface area contributed by atoms with Crippen molar-refractivity contribution < 1.29 is 19.0 Å². The van der Waals surface area contributed by atoms with Crippen molar-refractivity contribution in [2.45, 2.75) is 44.1 Å². The zero-order valence-corrected chi connectivity index (χ0v) is 20.6. The van der Waals surface area contributed by atoms with Crippen LogP contribution in [0, 0.1) is 0 Å². The highest BCUT2D eigenvalue weighted by atomic mass is 16.6. The highest BCUT2D eigenvalue weighted by molar-refractivity contribution is 5.95. The summed E-state index contributed by atoms with van der Waals surface area (Å²) in [6, 6.07) is 12.6. The third-order valence-corrected chi connectivity index (χ3v) is 8.23. The van der Waals surface area contributed by atoms with E-state index in [1.165, 1.54) is 24.0 Å². The van der Waals surface area contributed by atoms with Crippen molar-refractivity contribution in [2.24, 2.45) is 0 Å². The zero-order valence-electron chi connectivity index (χ0n) is 20.6. The fourth-order valence-electron chi connectivity index (χ4n) is 6.42. The molecule has 2 fully saturated rings. The summed E-state index contributed by atoms with van der Waals surface area (Å²) < 4.78 is 17.4. The van der Waals surface area contributed by atoms with Crippen molar-refractivity contribution in [3.05, 3.63) is 47.5 Å². The fraction of sp³-hybridized carbons (Fsp3) is 0.536. The molecule has 1 amide bonds. The topological polar surface area (TPSA) is 63.3 Å². The maximum Gasteiger partial charge on any atom is 0.238 e. The summed E-state index contributed by atoms with van der Waals surface area (Å²) in [7, 11) is 0. The maximum absolute atomic E-state index is 13.4. The standard InChI is InChI=1S/C28H35N3O4/c1-20-21-16-25-26(35-15-14-34-25)17-22(21)28(8-4-5-9-28)19-31(20)18-27(32)29-23-6-2-3-7-24(23)30-10-12-33-13-11-30/h2-3,6-7,16-17,20H,4-5,8-15,18-19H2,1H3,(H,29,32). The molecular formula is C28H35N3O4. The Hall–Kier alpha value is -2.77. The van der Waals surface area contributed by atoms with Crippen LogP contribution in [0.3, 0.4) is 0 Å². The number of morpholine rings is 1. The number of benzene rings is 2. The minimum atomic E-state index is 0.0340. The first-order valence-electron chi connectivity index (χ1n) is 13.0. The van der Waals surface area contributed by atoms with Gasteiger partial charge >= 0.3 is 0 Å². The summed E-state index contributed by atoms with van der Waals surface area (Å²) in [6.07, 6.45) is 4.78. The van der Waals surface area contributed by atoms with Gasteiger partial charge < -0.3 is 24.4 Å². The maximum atomic E-state index is 13.4. The predicted octanol–water partition coefficient (Wildman–Crippen LogP) is 4.12. The molecule has 3 heterocycles. The molecule has 2 aromatic rings. The number of carbonyl (C=O) groups excluding carboxylic acids is 1. The van der Waals surface area contributed by atoms with E-state index in [0.29, 0.717) is 33.0 Å². The van der Waals surface area contributed by atoms with Gasteiger partial charge in [-0.1, -0.05) is 25.0 Å². The van der Waals surface area contributed by atoms with Gasteiger partial charge in [-0.2, -0.15) is 0 Å². The monoisotopic (exact) mass is 477 g/mol. The molecule has 0 radical (unpaired) electrons. The molecule has 0 bridgehead atoms. The Morgan fingerprint density at radius 1 is 1.03 bits per heavy atom. The Kier molecular flexibility index (Phi) is 6.06. The van der Waals surface area contributed by atoms with Crippen LogP contribution in [0.2, 0.25) is 0 Å². The molecule has 3 aliphatic heterocycles. The van der Waals surface area contributed by atoms with Gasteiger partial charge in [0.25, 0.3) is 0 Å². The lowest BCUT2D eigenvalue weighted by atomic mass is 9.71. The second-order valence-corrected chi connectivity index (χ2v) is 10.3.